The largest absolute Gasteiger partial charge is 0.394 e. The van der Waals surface area contributed by atoms with Gasteiger partial charge in [0.25, 0.3) is 0 Å². The van der Waals surface area contributed by atoms with E-state index in [-0.39, 0.29) is 17.5 Å². The van der Waals surface area contributed by atoms with Crippen LogP contribution >= 0.6 is 0 Å². The van der Waals surface area contributed by atoms with Crippen LogP contribution in [0, 0.1) is 0 Å². The molecule has 5 aromatic carbocycles. The molecule has 5 aromatic rings. The predicted octanol–water partition coefficient (Wildman–Crippen LogP) is 13.2. The Labute approximate surface area is 612 Å². The Morgan fingerprint density at radius 2 is 0.970 bits per heavy atom. The van der Waals surface area contributed by atoms with Gasteiger partial charge in [-0.2, -0.15) is 4.31 Å². The van der Waals surface area contributed by atoms with Gasteiger partial charge in [0, 0.05) is 88.4 Å². The number of hydrogen-bond acceptors (Lipinski definition) is 13. The van der Waals surface area contributed by atoms with Crippen molar-refractivity contribution in [2.45, 2.75) is 201 Å². The van der Waals surface area contributed by atoms with Crippen molar-refractivity contribution in [1.29, 1.82) is 0 Å². The highest BCUT2D eigenvalue weighted by atomic mass is 32.2. The average molecular weight is 1500 g/mol. The molecule has 3 atom stereocenters. The second-order valence-electron chi connectivity index (χ2n) is 27.9. The first-order chi connectivity index (χ1) is 47.6. The number of ether oxygens (including phenoxy) is 2. The highest BCUT2D eigenvalue weighted by molar-refractivity contribution is 7.98. The summed E-state index contributed by atoms with van der Waals surface area (Å²) < 4.78 is 122. The van der Waals surface area contributed by atoms with Gasteiger partial charge in [-0.05, 0) is 182 Å². The summed E-state index contributed by atoms with van der Waals surface area (Å²) in [5.41, 5.74) is 5.15. The van der Waals surface area contributed by atoms with Gasteiger partial charge < -0.3 is 14.6 Å². The van der Waals surface area contributed by atoms with Crippen molar-refractivity contribution in [2.75, 3.05) is 113 Å². The van der Waals surface area contributed by atoms with Gasteiger partial charge in [-0.15, -0.1) is 6.58 Å². The van der Waals surface area contributed by atoms with Crippen LogP contribution in [0.25, 0.3) is 0 Å². The molecule has 3 aliphatic rings. The number of hydrogen-bond donors (Lipinski definition) is 3. The van der Waals surface area contributed by atoms with Crippen LogP contribution in [0.2, 0.25) is 0 Å². The Balaban J connectivity index is 0.000000268. The molecule has 3 fully saturated rings. The Kier molecular flexibility index (Phi) is 37.3. The summed E-state index contributed by atoms with van der Waals surface area (Å²) >= 11 is 0. The number of benzene rings is 5. The van der Waals surface area contributed by atoms with Crippen LogP contribution in [-0.4, -0.2) is 197 Å². The van der Waals surface area contributed by atoms with E-state index in [1.807, 2.05) is 90.9 Å². The number of morpholine rings is 1. The molecule has 0 amide bonds. The summed E-state index contributed by atoms with van der Waals surface area (Å²) in [7, 11) is -11.6. The Morgan fingerprint density at radius 3 is 1.37 bits per heavy atom. The summed E-state index contributed by atoms with van der Waals surface area (Å²) in [6.45, 7) is 41.5. The fourth-order valence-corrected chi connectivity index (χ4v) is 18.8. The number of aliphatic hydroxyl groups excluding tert-OH is 1. The minimum absolute atomic E-state index is 0.165. The first-order valence-corrected chi connectivity index (χ1v) is 43.9. The summed E-state index contributed by atoms with van der Waals surface area (Å²) in [6, 6.07) is 37.5. The summed E-state index contributed by atoms with van der Waals surface area (Å²) in [5.74, 6) is 10.0. The monoisotopic (exact) mass is 1500 g/mol. The minimum Gasteiger partial charge on any atom is -0.394 e. The Morgan fingerprint density at radius 1 is 0.564 bits per heavy atom. The molecule has 0 aromatic heterocycles. The van der Waals surface area contributed by atoms with Gasteiger partial charge in [-0.1, -0.05) is 163 Å². The van der Waals surface area contributed by atoms with E-state index in [2.05, 4.69) is 126 Å². The standard InChI is InChI=1S/C17H28N2O2S.C16H26N2O3S.C16H25NO2S.C15H25NO3S.C14H21NOS/c1-15(2)16-5-7-17(8-6-16)22(4,20)19-11-9-18(10-12-19)13-14-21-3;1-14(2)15-4-6-16(7-5-15)22(19,20)17-8-3-9-18-10-12-21-13-11-18;1-4-15-7-5-6-12-17(15)20(18,19)16-10-8-14(9-11-16)13(2)3;1-5-15(6-2,11-17)16-20(18,19)14-9-7-13(8-10-14)12(3)4;1-6-11-15(4)17(5,16)14-9-7-13(8-10-14)12(2)3/h5-8,15H,4,9-14H2,1-3H3;4-7,14,17H,3,8-13H2,1-2H3;8-11,13,15H,4-7,12H2,1-3H3;7-10,12,16-17H,5-6,11H2,1-4H3;6-10,12H,1,5,11H2,2-4H3. The lowest BCUT2D eigenvalue weighted by Gasteiger charge is -2.36. The number of nitrogens with zero attached hydrogens (tertiary/aromatic N) is 5. The second kappa shape index (κ2) is 42.5. The molecule has 568 valence electrons. The average Bonchev–Trinajstić information content (AvgIpc) is 0.807. The van der Waals surface area contributed by atoms with Gasteiger partial charge >= 0.3 is 0 Å². The molecule has 0 radical (unpaired) electrons. The van der Waals surface area contributed by atoms with Gasteiger partial charge in [-0.25, -0.2) is 51.7 Å². The smallest absolute Gasteiger partial charge is 0.243 e. The lowest BCUT2D eigenvalue weighted by Crippen LogP contribution is -2.50. The number of piperazine rings is 1. The maximum absolute atomic E-state index is 13.1. The first-order valence-electron chi connectivity index (χ1n) is 36.1. The molecule has 0 aliphatic carbocycles. The Hall–Kier alpha value is -4.67. The molecule has 8 rings (SSSR count). The van der Waals surface area contributed by atoms with Crippen molar-refractivity contribution in [3.8, 4) is 0 Å². The van der Waals surface area contributed by atoms with E-state index < -0.39 is 55.0 Å². The molecule has 3 unspecified atom stereocenters. The third kappa shape index (κ3) is 27.3. The molecule has 0 saturated carbocycles. The second-order valence-corrected chi connectivity index (χ2v) is 37.9. The molecule has 3 aliphatic heterocycles. The summed E-state index contributed by atoms with van der Waals surface area (Å²) in [5, 5.41) is 9.48. The molecular formula is C78H125N7O11S5. The van der Waals surface area contributed by atoms with E-state index in [1.165, 1.54) is 16.7 Å². The zero-order valence-corrected chi connectivity index (χ0v) is 67.7. The number of nitrogens with one attached hydrogen (secondary N) is 2. The van der Waals surface area contributed by atoms with E-state index >= 15 is 0 Å². The number of aliphatic hydroxyl groups is 1. The zero-order valence-electron chi connectivity index (χ0n) is 63.6. The minimum atomic E-state index is -3.61. The molecule has 18 nitrogen and oxygen atoms in total. The molecule has 101 heavy (non-hydrogen) atoms. The number of sulfonamides is 3. The SMILES string of the molecule is C=CCN(C)S(=C)(=O)c1ccc(C(C)C)cc1.C=S(=O)(c1ccc(C(C)C)cc1)N1CCN(CCOC)CC1.CC(C)c1ccc(S(=O)(=O)NCCCN2CCOCC2)cc1.CCC(CC)(CO)NS(=O)(=O)c1ccc(C(C)C)cc1.CCC1CCCCN1S(=O)(=O)c1ccc(C(C)C)cc1. The topological polar surface area (TPSA) is 216 Å². The van der Waals surface area contributed by atoms with Crippen LogP contribution in [0.3, 0.4) is 0 Å². The lowest BCUT2D eigenvalue weighted by molar-refractivity contribution is 0.0376. The van der Waals surface area contributed by atoms with Crippen LogP contribution in [-0.2, 0) is 59.0 Å². The van der Waals surface area contributed by atoms with Crippen LogP contribution in [0.1, 0.15) is 192 Å². The fourth-order valence-electron chi connectivity index (χ4n) is 11.6. The quantitative estimate of drug-likeness (QED) is 0.0231. The molecule has 3 saturated heterocycles. The fraction of sp³-hybridized carbons (Fsp3) is 0.564. The molecule has 23 heteroatoms. The van der Waals surface area contributed by atoms with Crippen LogP contribution in [0.5, 0.6) is 0 Å². The predicted molar refractivity (Wildman–Crippen MR) is 422 cm³/mol. The number of likely N-dealkylation sites (N-methyl/N-ethyl adjacent to an activating group) is 1. The van der Waals surface area contributed by atoms with Crippen molar-refractivity contribution in [3.05, 3.63) is 162 Å². The third-order valence-corrected chi connectivity index (χ3v) is 28.5. The molecule has 0 spiro atoms. The lowest BCUT2D eigenvalue weighted by atomic mass is 9.96. The van der Waals surface area contributed by atoms with Crippen LogP contribution in [0.15, 0.2) is 158 Å². The maximum Gasteiger partial charge on any atom is 0.243 e. The zero-order chi connectivity index (χ0) is 75.4. The van der Waals surface area contributed by atoms with E-state index in [1.54, 1.807) is 65.2 Å². The van der Waals surface area contributed by atoms with Crippen molar-refractivity contribution in [3.63, 3.8) is 0 Å². The van der Waals surface area contributed by atoms with Crippen LogP contribution < -0.4 is 9.44 Å². The van der Waals surface area contributed by atoms with Crippen molar-refractivity contribution >= 4 is 61.2 Å². The highest BCUT2D eigenvalue weighted by Crippen LogP contribution is 2.29. The number of piperidine rings is 1. The van der Waals surface area contributed by atoms with Gasteiger partial charge in [0.2, 0.25) is 30.1 Å². The van der Waals surface area contributed by atoms with Gasteiger partial charge in [0.05, 0.1) is 66.1 Å². The van der Waals surface area contributed by atoms with E-state index in [4.69, 9.17) is 9.47 Å². The van der Waals surface area contributed by atoms with E-state index in [0.717, 1.165) is 125 Å². The van der Waals surface area contributed by atoms with Crippen molar-refractivity contribution in [2.24, 2.45) is 0 Å². The van der Waals surface area contributed by atoms with E-state index in [9.17, 15) is 38.8 Å². The maximum atomic E-state index is 13.1. The number of methoxy groups -OCH3 is 1. The normalized spacial score (nSPS) is 17.4. The number of rotatable bonds is 29. The highest BCUT2D eigenvalue weighted by Gasteiger charge is 2.34. The first kappa shape index (κ1) is 88.7. The van der Waals surface area contributed by atoms with E-state index in [0.29, 0.717) is 71.9 Å². The molecule has 3 N–H and O–H groups in total. The van der Waals surface area contributed by atoms with Crippen LogP contribution in [0.4, 0.5) is 0 Å². The summed E-state index contributed by atoms with van der Waals surface area (Å²) in [4.78, 5) is 7.26. The van der Waals surface area contributed by atoms with Gasteiger partial charge in [0.1, 0.15) is 0 Å². The van der Waals surface area contributed by atoms with Gasteiger partial charge in [-0.3, -0.25) is 9.80 Å². The van der Waals surface area contributed by atoms with Gasteiger partial charge in [0.15, 0.2) is 0 Å². The summed E-state index contributed by atoms with van der Waals surface area (Å²) in [6.07, 6.45) is 7.61. The molecule has 3 heterocycles. The Bertz CT molecular complexity index is 3790. The van der Waals surface area contributed by atoms with Crippen molar-refractivity contribution < 1.29 is 48.3 Å². The van der Waals surface area contributed by atoms with Crippen molar-refractivity contribution in [1.82, 2.24) is 32.2 Å². The molecule has 0 bridgehead atoms. The third-order valence-electron chi connectivity index (χ3n) is 19.0. The molecular weight excluding hydrogens is 1370 g/mol.